The molecule has 0 aliphatic heterocycles. The number of nitriles is 1. The number of rotatable bonds is 2. The zero-order chi connectivity index (χ0) is 17.7. The molecule has 0 radical (unpaired) electrons. The van der Waals surface area contributed by atoms with Gasteiger partial charge in [-0.2, -0.15) is 5.26 Å². The molecule has 0 spiro atoms. The normalized spacial score (nSPS) is 9.83. The quantitative estimate of drug-likeness (QED) is 0.766. The molecule has 0 saturated carbocycles. The van der Waals surface area contributed by atoms with Crippen molar-refractivity contribution >= 4 is 0 Å². The lowest BCUT2D eigenvalue weighted by Gasteiger charge is -2.26. The van der Waals surface area contributed by atoms with Gasteiger partial charge in [-0.05, 0) is 35.4 Å². The molecule has 0 heterocycles. The van der Waals surface area contributed by atoms with Gasteiger partial charge in [0.05, 0.1) is 5.56 Å². The third-order valence-corrected chi connectivity index (χ3v) is 4.15. The second kappa shape index (κ2) is 6.75. The molecule has 0 saturated heterocycles. The number of hydrogen-bond acceptors (Lipinski definition) is 1. The lowest BCUT2D eigenvalue weighted by atomic mass is 9.76. The highest BCUT2D eigenvalue weighted by Crippen LogP contribution is 2.33. The van der Waals surface area contributed by atoms with Gasteiger partial charge in [-0.1, -0.05) is 42.7 Å². The molecule has 2 heteroatoms. The summed E-state index contributed by atoms with van der Waals surface area (Å²) in [5, 5.41) is 9.21. The fourth-order valence-electron chi connectivity index (χ4n) is 2.59. The van der Waals surface area contributed by atoms with Crippen LogP contribution >= 0.6 is 0 Å². The minimum atomic E-state index is -0.309. The van der Waals surface area contributed by atoms with E-state index in [1.54, 1.807) is 13.1 Å². The van der Waals surface area contributed by atoms with Crippen molar-refractivity contribution in [3.05, 3.63) is 74.6 Å². The lowest BCUT2D eigenvalue weighted by Crippen LogP contribution is -2.19. The third kappa shape index (κ3) is 3.01. The molecule has 2 nitrogen and oxygen atoms in total. The van der Waals surface area contributed by atoms with Crippen LogP contribution in [0.4, 0.5) is 0 Å². The highest BCUT2D eigenvalue weighted by Gasteiger charge is 2.25. The summed E-state index contributed by atoms with van der Waals surface area (Å²) < 4.78 is 0. The standard InChI is InChI=1S/C22H17N2/c1-6-16-8-10-20(12-17(16)7-2)22(3,4)21-11-9-18(14-23)19(13-21)15-24-5/h1-2,8-13H,3-5H3/q+1. The Hall–Kier alpha value is -3.46. The van der Waals surface area contributed by atoms with E-state index in [-0.39, 0.29) is 5.41 Å². The van der Waals surface area contributed by atoms with Gasteiger partial charge in [0.1, 0.15) is 11.6 Å². The van der Waals surface area contributed by atoms with Crippen LogP contribution in [0.1, 0.15) is 47.2 Å². The van der Waals surface area contributed by atoms with Crippen molar-refractivity contribution in [1.29, 1.82) is 5.26 Å². The van der Waals surface area contributed by atoms with E-state index < -0.39 is 0 Å². The monoisotopic (exact) mass is 309 g/mol. The summed E-state index contributed by atoms with van der Waals surface area (Å²) in [6, 6.07) is 16.5. The molecular formula is C22H17N2+. The van der Waals surface area contributed by atoms with E-state index >= 15 is 0 Å². The third-order valence-electron chi connectivity index (χ3n) is 4.15. The van der Waals surface area contributed by atoms with E-state index in [0.717, 1.165) is 11.1 Å². The highest BCUT2D eigenvalue weighted by atomic mass is 14.6. The zero-order valence-corrected chi connectivity index (χ0v) is 14.0. The van der Waals surface area contributed by atoms with Gasteiger partial charge in [0.25, 0.3) is 7.05 Å². The first kappa shape index (κ1) is 16.9. The van der Waals surface area contributed by atoms with Crippen molar-refractivity contribution in [2.75, 3.05) is 7.05 Å². The van der Waals surface area contributed by atoms with Crippen molar-refractivity contribution in [2.45, 2.75) is 19.3 Å². The SMILES string of the molecule is C#Cc1ccc(C(C)(C)c2ccc(C#N)c(C#[N+]C)c2)cc1C#C. The maximum Gasteiger partial charge on any atom is 0.312 e. The predicted octanol–water partition coefficient (Wildman–Crippen LogP) is 4.16. The molecule has 24 heavy (non-hydrogen) atoms. The molecule has 0 aromatic heterocycles. The van der Waals surface area contributed by atoms with Crippen molar-refractivity contribution in [3.63, 3.8) is 0 Å². The number of hydrogen-bond donors (Lipinski definition) is 0. The Morgan fingerprint density at radius 2 is 1.42 bits per heavy atom. The number of terminal acetylenes is 2. The maximum atomic E-state index is 9.21. The van der Waals surface area contributed by atoms with Crippen molar-refractivity contribution < 1.29 is 0 Å². The fraction of sp³-hybridized carbons (Fsp3) is 0.182. The topological polar surface area (TPSA) is 28.1 Å². The van der Waals surface area contributed by atoms with Crippen molar-refractivity contribution in [3.8, 4) is 36.8 Å². The molecule has 0 unspecified atom stereocenters. The van der Waals surface area contributed by atoms with Gasteiger partial charge in [0, 0.05) is 16.5 Å². The summed E-state index contributed by atoms with van der Waals surface area (Å²) in [7, 11) is 1.64. The van der Waals surface area contributed by atoms with Crippen LogP contribution in [-0.2, 0) is 5.41 Å². The number of nitrogens with zero attached hydrogens (tertiary/aromatic N) is 2. The van der Waals surface area contributed by atoms with Crippen LogP contribution in [0.3, 0.4) is 0 Å². The van der Waals surface area contributed by atoms with Gasteiger partial charge in [0.2, 0.25) is 0 Å². The van der Waals surface area contributed by atoms with Crippen LogP contribution in [0, 0.1) is 42.1 Å². The Balaban J connectivity index is 2.61. The van der Waals surface area contributed by atoms with E-state index in [9.17, 15) is 5.26 Å². The summed E-state index contributed by atoms with van der Waals surface area (Å²) >= 11 is 0. The van der Waals surface area contributed by atoms with Crippen LogP contribution < -0.4 is 0 Å². The zero-order valence-electron chi connectivity index (χ0n) is 14.0. The van der Waals surface area contributed by atoms with Gasteiger partial charge in [-0.3, -0.25) is 0 Å². The Morgan fingerprint density at radius 1 is 0.875 bits per heavy atom. The minimum absolute atomic E-state index is 0.309. The molecule has 0 N–H and O–H groups in total. The fourth-order valence-corrected chi connectivity index (χ4v) is 2.59. The Bertz CT molecular complexity index is 978. The van der Waals surface area contributed by atoms with E-state index in [2.05, 4.69) is 42.7 Å². The van der Waals surface area contributed by atoms with E-state index in [0.29, 0.717) is 22.3 Å². The molecule has 0 atom stereocenters. The van der Waals surface area contributed by atoms with Gasteiger partial charge in [-0.15, -0.1) is 12.8 Å². The minimum Gasteiger partial charge on any atom is -0.192 e. The summed E-state index contributed by atoms with van der Waals surface area (Å²) in [5.41, 5.74) is 4.44. The smallest absolute Gasteiger partial charge is 0.192 e. The van der Waals surface area contributed by atoms with Crippen LogP contribution in [-0.4, -0.2) is 7.05 Å². The first-order valence-corrected chi connectivity index (χ1v) is 7.45. The molecule has 2 aromatic carbocycles. The molecule has 0 aliphatic carbocycles. The van der Waals surface area contributed by atoms with E-state index in [1.807, 2.05) is 30.3 Å². The van der Waals surface area contributed by atoms with Crippen LogP contribution in [0.5, 0.6) is 0 Å². The Morgan fingerprint density at radius 3 is 1.92 bits per heavy atom. The Kier molecular flexibility index (Phi) is 4.76. The second-order valence-electron chi connectivity index (χ2n) is 5.88. The van der Waals surface area contributed by atoms with Crippen LogP contribution in [0.25, 0.3) is 4.85 Å². The first-order valence-electron chi connectivity index (χ1n) is 7.45. The maximum absolute atomic E-state index is 9.21. The molecule has 0 fully saturated rings. The summed E-state index contributed by atoms with van der Waals surface area (Å²) in [6.45, 7) is 4.21. The van der Waals surface area contributed by atoms with Crippen LogP contribution in [0.2, 0.25) is 0 Å². The average Bonchev–Trinajstić information content (AvgIpc) is 2.61. The lowest BCUT2D eigenvalue weighted by molar-refractivity contribution is 0.640. The van der Waals surface area contributed by atoms with Gasteiger partial charge in [0.15, 0.2) is 0 Å². The molecule has 0 aliphatic rings. The predicted molar refractivity (Wildman–Crippen MR) is 97.9 cm³/mol. The number of benzene rings is 2. The Labute approximate surface area is 143 Å². The van der Waals surface area contributed by atoms with E-state index in [4.69, 9.17) is 12.8 Å². The van der Waals surface area contributed by atoms with Gasteiger partial charge < -0.3 is 0 Å². The van der Waals surface area contributed by atoms with Crippen molar-refractivity contribution in [1.82, 2.24) is 0 Å². The second-order valence-corrected chi connectivity index (χ2v) is 5.88. The van der Waals surface area contributed by atoms with E-state index in [1.165, 1.54) is 0 Å². The molecule has 114 valence electrons. The van der Waals surface area contributed by atoms with Crippen molar-refractivity contribution in [2.24, 2.45) is 0 Å². The molecule has 2 rings (SSSR count). The van der Waals surface area contributed by atoms with Crippen LogP contribution in [0.15, 0.2) is 36.4 Å². The average molecular weight is 309 g/mol. The van der Waals surface area contributed by atoms with Gasteiger partial charge >= 0.3 is 6.07 Å². The molecule has 2 aromatic rings. The first-order chi connectivity index (χ1) is 11.5. The van der Waals surface area contributed by atoms with Gasteiger partial charge in [-0.25, -0.2) is 0 Å². The molecule has 0 bridgehead atoms. The summed E-state index contributed by atoms with van der Waals surface area (Å²) in [4.78, 5) is 3.91. The molecular weight excluding hydrogens is 292 g/mol. The molecule has 0 amide bonds. The summed E-state index contributed by atoms with van der Waals surface area (Å²) in [5.74, 6) is 5.25. The largest absolute Gasteiger partial charge is 0.312 e. The summed E-state index contributed by atoms with van der Waals surface area (Å²) in [6.07, 6.45) is 11.1. The highest BCUT2D eigenvalue weighted by molar-refractivity contribution is 5.55.